The number of phenolic OH excluding ortho intramolecular Hbond substituents is 4. The molecule has 2 aromatic carbocycles. The molecule has 4 heteroatoms. The molecule has 4 rings (SSSR count). The lowest BCUT2D eigenvalue weighted by Crippen LogP contribution is -2.13. The maximum absolute atomic E-state index is 10.7. The van der Waals surface area contributed by atoms with Crippen LogP contribution in [0.3, 0.4) is 0 Å². The van der Waals surface area contributed by atoms with Crippen molar-refractivity contribution in [3.63, 3.8) is 0 Å². The van der Waals surface area contributed by atoms with Gasteiger partial charge in [-0.1, -0.05) is 47.1 Å². The van der Waals surface area contributed by atoms with Crippen molar-refractivity contribution < 1.29 is 20.4 Å². The largest absolute Gasteiger partial charge is 0.504 e. The molecule has 4 N–H and O–H groups in total. The summed E-state index contributed by atoms with van der Waals surface area (Å²) >= 11 is 0. The third-order valence-electron chi connectivity index (χ3n) is 7.27. The number of allylic oxidation sites excluding steroid dienone is 1. The quantitative estimate of drug-likeness (QED) is 0.394. The Bertz CT molecular complexity index is 1000. The van der Waals surface area contributed by atoms with E-state index in [1.54, 1.807) is 12.1 Å². The maximum atomic E-state index is 10.7. The van der Waals surface area contributed by atoms with E-state index in [-0.39, 0.29) is 33.8 Å². The van der Waals surface area contributed by atoms with Crippen molar-refractivity contribution in [2.45, 2.75) is 78.1 Å². The standard InChI is InChI=1S/C28H36O4/c1-27(2,3)19-11-17(13-21(29)25(19)31)24(23-15-7-8-16(23)10-9-15)18-12-20(28(4,5)6)26(32)22(30)14-18/h11-16,29-32H,7-10H2,1-6H3. The molecule has 0 unspecified atom stereocenters. The Kier molecular flexibility index (Phi) is 5.27. The average Bonchev–Trinajstić information content (AvgIpc) is 3.25. The van der Waals surface area contributed by atoms with Gasteiger partial charge in [0.1, 0.15) is 0 Å². The molecule has 0 amide bonds. The van der Waals surface area contributed by atoms with Crippen molar-refractivity contribution in [3.05, 3.63) is 52.1 Å². The second kappa shape index (κ2) is 7.47. The predicted molar refractivity (Wildman–Crippen MR) is 128 cm³/mol. The van der Waals surface area contributed by atoms with Gasteiger partial charge in [-0.25, -0.2) is 0 Å². The number of aromatic hydroxyl groups is 4. The molecule has 32 heavy (non-hydrogen) atoms. The molecule has 2 aromatic rings. The van der Waals surface area contributed by atoms with Crippen molar-refractivity contribution in [3.8, 4) is 23.0 Å². The summed E-state index contributed by atoms with van der Waals surface area (Å²) in [6.07, 6.45) is 4.65. The van der Waals surface area contributed by atoms with E-state index in [9.17, 15) is 20.4 Å². The highest BCUT2D eigenvalue weighted by Crippen LogP contribution is 2.54. The van der Waals surface area contributed by atoms with Gasteiger partial charge < -0.3 is 20.4 Å². The van der Waals surface area contributed by atoms with Crippen molar-refractivity contribution in [1.82, 2.24) is 0 Å². The summed E-state index contributed by atoms with van der Waals surface area (Å²) in [6, 6.07) is 7.25. The van der Waals surface area contributed by atoms with E-state index in [4.69, 9.17) is 0 Å². The van der Waals surface area contributed by atoms with Crippen molar-refractivity contribution in [2.75, 3.05) is 0 Å². The molecule has 2 aliphatic carbocycles. The normalized spacial score (nSPS) is 20.8. The van der Waals surface area contributed by atoms with Gasteiger partial charge in [-0.3, -0.25) is 0 Å². The van der Waals surface area contributed by atoms with Gasteiger partial charge in [-0.15, -0.1) is 0 Å². The van der Waals surface area contributed by atoms with Gasteiger partial charge in [0.15, 0.2) is 23.0 Å². The summed E-state index contributed by atoms with van der Waals surface area (Å²) in [5.74, 6) is 0.578. The smallest absolute Gasteiger partial charge is 0.161 e. The van der Waals surface area contributed by atoms with Crippen LogP contribution in [0.25, 0.3) is 5.57 Å². The topological polar surface area (TPSA) is 80.9 Å². The molecule has 172 valence electrons. The Morgan fingerprint density at radius 2 is 0.969 bits per heavy atom. The first-order chi connectivity index (χ1) is 14.8. The highest BCUT2D eigenvalue weighted by Gasteiger charge is 2.39. The molecule has 0 radical (unpaired) electrons. The summed E-state index contributed by atoms with van der Waals surface area (Å²) < 4.78 is 0. The molecular formula is C28H36O4. The van der Waals surface area contributed by atoms with Crippen LogP contribution in [0.5, 0.6) is 23.0 Å². The summed E-state index contributed by atoms with van der Waals surface area (Å²) in [7, 11) is 0. The number of benzene rings is 2. The number of fused-ring (bicyclic) bond motifs is 2. The molecule has 0 spiro atoms. The minimum atomic E-state index is -0.352. The van der Waals surface area contributed by atoms with Crippen molar-refractivity contribution in [2.24, 2.45) is 11.8 Å². The fraction of sp³-hybridized carbons (Fsp3) is 0.500. The van der Waals surface area contributed by atoms with E-state index in [0.29, 0.717) is 23.0 Å². The van der Waals surface area contributed by atoms with Crippen LogP contribution in [0.15, 0.2) is 29.8 Å². The van der Waals surface area contributed by atoms with Gasteiger partial charge in [0, 0.05) is 11.1 Å². The minimum Gasteiger partial charge on any atom is -0.504 e. The highest BCUT2D eigenvalue weighted by atomic mass is 16.3. The molecule has 2 aliphatic rings. The van der Waals surface area contributed by atoms with Crippen LogP contribution in [0.4, 0.5) is 0 Å². The van der Waals surface area contributed by atoms with Gasteiger partial charge in [-0.2, -0.15) is 0 Å². The molecule has 0 saturated heterocycles. The minimum absolute atomic E-state index is 0.0797. The number of phenols is 4. The van der Waals surface area contributed by atoms with Gasteiger partial charge in [-0.05, 0) is 89.3 Å². The maximum Gasteiger partial charge on any atom is 0.161 e. The zero-order valence-corrected chi connectivity index (χ0v) is 20.1. The average molecular weight is 437 g/mol. The monoisotopic (exact) mass is 436 g/mol. The first-order valence-electron chi connectivity index (χ1n) is 11.7. The van der Waals surface area contributed by atoms with Crippen molar-refractivity contribution in [1.29, 1.82) is 0 Å². The first kappa shape index (κ1) is 22.6. The Hall–Kier alpha value is -2.62. The van der Waals surface area contributed by atoms with E-state index < -0.39 is 0 Å². The van der Waals surface area contributed by atoms with Crippen LogP contribution in [0.1, 0.15) is 89.5 Å². The summed E-state index contributed by atoms with van der Waals surface area (Å²) in [5.41, 5.74) is 4.79. The molecule has 0 aromatic heterocycles. The third-order valence-corrected chi connectivity index (χ3v) is 7.27. The molecule has 4 nitrogen and oxygen atoms in total. The Morgan fingerprint density at radius 3 is 1.28 bits per heavy atom. The lowest BCUT2D eigenvalue weighted by atomic mass is 9.80. The van der Waals surface area contributed by atoms with Gasteiger partial charge in [0.05, 0.1) is 0 Å². The predicted octanol–water partition coefficient (Wildman–Crippen LogP) is 6.73. The van der Waals surface area contributed by atoms with Crippen molar-refractivity contribution >= 4 is 5.57 Å². The molecule has 0 atom stereocenters. The molecule has 0 aliphatic heterocycles. The Balaban J connectivity index is 2.05. The highest BCUT2D eigenvalue weighted by molar-refractivity contribution is 5.86. The molecule has 2 bridgehead atoms. The van der Waals surface area contributed by atoms with Gasteiger partial charge in [0.25, 0.3) is 0 Å². The zero-order valence-electron chi connectivity index (χ0n) is 20.1. The van der Waals surface area contributed by atoms with E-state index >= 15 is 0 Å². The van der Waals surface area contributed by atoms with E-state index in [1.807, 2.05) is 53.7 Å². The number of rotatable bonds is 2. The first-order valence-corrected chi connectivity index (χ1v) is 11.7. The molecule has 2 fully saturated rings. The van der Waals surface area contributed by atoms with Crippen LogP contribution in [-0.2, 0) is 10.8 Å². The van der Waals surface area contributed by atoms with Crippen LogP contribution < -0.4 is 0 Å². The number of hydrogen-bond acceptors (Lipinski definition) is 4. The lowest BCUT2D eigenvalue weighted by molar-refractivity contribution is 0.388. The second-order valence-corrected chi connectivity index (χ2v) is 11.7. The van der Waals surface area contributed by atoms with E-state index in [2.05, 4.69) is 0 Å². The Labute approximate surface area is 191 Å². The van der Waals surface area contributed by atoms with E-state index in [0.717, 1.165) is 42.4 Å². The molecular weight excluding hydrogens is 400 g/mol. The molecule has 2 saturated carbocycles. The SMILES string of the molecule is CC(C)(C)c1cc(C(=C2C3CCC2CC3)c2cc(O)c(O)c(C(C)(C)C)c2)cc(O)c1O. The fourth-order valence-electron chi connectivity index (χ4n) is 5.63. The van der Waals surface area contributed by atoms with E-state index in [1.165, 1.54) is 5.57 Å². The number of hydrogen-bond donors (Lipinski definition) is 4. The summed E-state index contributed by atoms with van der Waals surface area (Å²) in [5, 5.41) is 42.5. The third kappa shape index (κ3) is 3.74. The fourth-order valence-corrected chi connectivity index (χ4v) is 5.63. The second-order valence-electron chi connectivity index (χ2n) is 11.7. The van der Waals surface area contributed by atoms with Gasteiger partial charge >= 0.3 is 0 Å². The van der Waals surface area contributed by atoms with Gasteiger partial charge in [0.2, 0.25) is 0 Å². The summed E-state index contributed by atoms with van der Waals surface area (Å²) in [6.45, 7) is 12.1. The van der Waals surface area contributed by atoms with Crippen LogP contribution in [0, 0.1) is 11.8 Å². The zero-order chi connectivity index (χ0) is 23.6. The molecule has 0 heterocycles. The van der Waals surface area contributed by atoms with Crippen LogP contribution in [-0.4, -0.2) is 20.4 Å². The van der Waals surface area contributed by atoms with Crippen LogP contribution in [0.2, 0.25) is 0 Å². The Morgan fingerprint density at radius 1 is 0.625 bits per heavy atom. The summed E-state index contributed by atoms with van der Waals surface area (Å²) in [4.78, 5) is 0. The lowest BCUT2D eigenvalue weighted by Gasteiger charge is -2.26. The van der Waals surface area contributed by atoms with Crippen LogP contribution >= 0.6 is 0 Å².